The molecule has 0 aliphatic heterocycles. The molecule has 0 fully saturated rings. The van der Waals surface area contributed by atoms with E-state index in [4.69, 9.17) is 0 Å². The number of aromatic nitrogens is 1. The fourth-order valence-corrected chi connectivity index (χ4v) is 3.22. The predicted molar refractivity (Wildman–Crippen MR) is 113 cm³/mol. The first-order valence-corrected chi connectivity index (χ1v) is 9.34. The Kier molecular flexibility index (Phi) is 5.87. The molecule has 4 nitrogen and oxygen atoms in total. The molecule has 3 aromatic rings. The minimum Gasteiger partial charge on any atom is -0.354 e. The Hall–Kier alpha value is -3.14. The van der Waals surface area contributed by atoms with E-state index in [1.54, 1.807) is 12.3 Å². The molecule has 2 aromatic carbocycles. The van der Waals surface area contributed by atoms with E-state index in [9.17, 15) is 4.79 Å². The van der Waals surface area contributed by atoms with E-state index in [2.05, 4.69) is 48.2 Å². The smallest absolute Gasteiger partial charge is 0.255 e. The largest absolute Gasteiger partial charge is 0.354 e. The van der Waals surface area contributed by atoms with Gasteiger partial charge < -0.3 is 10.6 Å². The molecule has 0 saturated heterocycles. The van der Waals surface area contributed by atoms with Crippen molar-refractivity contribution in [2.75, 3.05) is 11.9 Å². The van der Waals surface area contributed by atoms with Gasteiger partial charge in [-0.05, 0) is 30.0 Å². The summed E-state index contributed by atoms with van der Waals surface area (Å²) >= 11 is 0. The minimum absolute atomic E-state index is 0.164. The lowest BCUT2D eigenvalue weighted by Gasteiger charge is -2.17. The van der Waals surface area contributed by atoms with Crippen molar-refractivity contribution in [3.63, 3.8) is 0 Å². The third-order valence-electron chi connectivity index (χ3n) is 4.67. The van der Waals surface area contributed by atoms with Crippen LogP contribution in [-0.4, -0.2) is 17.4 Å². The number of amides is 1. The molecule has 0 atom stereocenters. The van der Waals surface area contributed by atoms with Gasteiger partial charge in [0, 0.05) is 23.8 Å². The molecule has 0 saturated carbocycles. The van der Waals surface area contributed by atoms with Crippen LogP contribution in [0.2, 0.25) is 0 Å². The van der Waals surface area contributed by atoms with Gasteiger partial charge in [0.1, 0.15) is 0 Å². The van der Waals surface area contributed by atoms with Crippen LogP contribution in [0.1, 0.15) is 35.3 Å². The molecule has 0 aliphatic rings. The van der Waals surface area contributed by atoms with Crippen molar-refractivity contribution in [3.05, 3.63) is 78.0 Å². The van der Waals surface area contributed by atoms with Gasteiger partial charge in [0.25, 0.3) is 5.91 Å². The number of para-hydroxylation sites is 2. The molecule has 4 heteroatoms. The quantitative estimate of drug-likeness (QED) is 0.583. The number of hydrogen-bond donors (Lipinski definition) is 2. The maximum atomic E-state index is 12.7. The number of nitrogens with one attached hydrogen (secondary N) is 2. The van der Waals surface area contributed by atoms with Crippen LogP contribution in [0.15, 0.2) is 61.3 Å². The normalized spacial score (nSPS) is 10.6. The van der Waals surface area contributed by atoms with Crippen LogP contribution in [0.25, 0.3) is 10.9 Å². The summed E-state index contributed by atoms with van der Waals surface area (Å²) in [4.78, 5) is 17.3. The summed E-state index contributed by atoms with van der Waals surface area (Å²) in [7, 11) is 0. The van der Waals surface area contributed by atoms with Crippen LogP contribution < -0.4 is 10.6 Å². The van der Waals surface area contributed by atoms with Crippen LogP contribution in [0.4, 0.5) is 11.4 Å². The first-order chi connectivity index (χ1) is 13.2. The van der Waals surface area contributed by atoms with Crippen molar-refractivity contribution < 1.29 is 4.79 Å². The summed E-state index contributed by atoms with van der Waals surface area (Å²) in [5.41, 5.74) is 5.62. The van der Waals surface area contributed by atoms with Crippen LogP contribution in [0.3, 0.4) is 0 Å². The number of aryl methyl sites for hydroxylation is 2. The number of anilines is 2. The van der Waals surface area contributed by atoms with Crippen molar-refractivity contribution >= 4 is 28.2 Å². The number of carbonyl (C=O) groups is 1. The average molecular weight is 359 g/mol. The molecule has 0 bridgehead atoms. The lowest BCUT2D eigenvalue weighted by atomic mass is 10.0. The van der Waals surface area contributed by atoms with E-state index < -0.39 is 0 Å². The Balaban J connectivity index is 2.18. The van der Waals surface area contributed by atoms with E-state index in [1.165, 1.54) is 5.56 Å². The molecule has 0 radical (unpaired) electrons. The first kappa shape index (κ1) is 18.6. The second-order valence-electron chi connectivity index (χ2n) is 6.35. The highest BCUT2D eigenvalue weighted by molar-refractivity contribution is 6.08. The molecule has 1 heterocycles. The van der Waals surface area contributed by atoms with Gasteiger partial charge in [-0.25, -0.2) is 0 Å². The van der Waals surface area contributed by atoms with E-state index in [0.29, 0.717) is 12.1 Å². The van der Waals surface area contributed by atoms with Gasteiger partial charge in [-0.1, -0.05) is 56.3 Å². The fraction of sp³-hybridized carbons (Fsp3) is 0.217. The number of rotatable bonds is 7. The molecule has 138 valence electrons. The number of nitrogens with zero attached hydrogens (tertiary/aromatic N) is 1. The zero-order valence-electron chi connectivity index (χ0n) is 15.9. The van der Waals surface area contributed by atoms with Crippen LogP contribution in [0.5, 0.6) is 0 Å². The highest BCUT2D eigenvalue weighted by Gasteiger charge is 2.17. The molecule has 0 spiro atoms. The van der Waals surface area contributed by atoms with E-state index in [-0.39, 0.29) is 5.91 Å². The van der Waals surface area contributed by atoms with Gasteiger partial charge in [0.2, 0.25) is 0 Å². The molecular formula is C23H25N3O. The monoisotopic (exact) mass is 359 g/mol. The molecule has 0 unspecified atom stereocenters. The van der Waals surface area contributed by atoms with Crippen molar-refractivity contribution in [2.45, 2.75) is 26.7 Å². The van der Waals surface area contributed by atoms with Crippen molar-refractivity contribution in [1.29, 1.82) is 0 Å². The van der Waals surface area contributed by atoms with E-state index in [1.807, 2.05) is 30.3 Å². The van der Waals surface area contributed by atoms with Gasteiger partial charge in [-0.2, -0.15) is 0 Å². The van der Waals surface area contributed by atoms with Gasteiger partial charge in [-0.3, -0.25) is 9.78 Å². The lowest BCUT2D eigenvalue weighted by Crippen LogP contribution is -2.24. The second-order valence-corrected chi connectivity index (χ2v) is 6.35. The van der Waals surface area contributed by atoms with Crippen molar-refractivity contribution in [2.24, 2.45) is 0 Å². The number of benzene rings is 2. The summed E-state index contributed by atoms with van der Waals surface area (Å²) in [5.74, 6) is -0.164. The van der Waals surface area contributed by atoms with Crippen LogP contribution in [-0.2, 0) is 12.8 Å². The summed E-state index contributed by atoms with van der Waals surface area (Å²) in [5, 5.41) is 7.33. The van der Waals surface area contributed by atoms with E-state index in [0.717, 1.165) is 40.7 Å². The Bertz CT molecular complexity index is 979. The number of carbonyl (C=O) groups excluding carboxylic acids is 1. The Morgan fingerprint density at radius 1 is 1.07 bits per heavy atom. The van der Waals surface area contributed by atoms with Crippen LogP contribution >= 0.6 is 0 Å². The SMILES string of the molecule is C=CCNC(=O)c1cnc2c(CC)cccc2c1Nc1ccccc1CC. The second kappa shape index (κ2) is 8.49. The number of hydrogen-bond acceptors (Lipinski definition) is 3. The Morgan fingerprint density at radius 3 is 2.56 bits per heavy atom. The summed E-state index contributed by atoms with van der Waals surface area (Å²) < 4.78 is 0. The summed E-state index contributed by atoms with van der Waals surface area (Å²) in [6.07, 6.45) is 5.12. The molecule has 1 aromatic heterocycles. The van der Waals surface area contributed by atoms with Crippen molar-refractivity contribution in [1.82, 2.24) is 10.3 Å². The van der Waals surface area contributed by atoms with Gasteiger partial charge in [0.05, 0.1) is 16.8 Å². The highest BCUT2D eigenvalue weighted by atomic mass is 16.1. The summed E-state index contributed by atoms with van der Waals surface area (Å²) in [6.45, 7) is 8.31. The first-order valence-electron chi connectivity index (χ1n) is 9.34. The Labute approximate surface area is 160 Å². The molecule has 1 amide bonds. The average Bonchev–Trinajstić information content (AvgIpc) is 2.72. The highest BCUT2D eigenvalue weighted by Crippen LogP contribution is 2.32. The number of fused-ring (bicyclic) bond motifs is 1. The van der Waals surface area contributed by atoms with Crippen molar-refractivity contribution in [3.8, 4) is 0 Å². The van der Waals surface area contributed by atoms with Gasteiger partial charge in [0.15, 0.2) is 0 Å². The molecule has 3 rings (SSSR count). The third kappa shape index (κ3) is 3.85. The zero-order valence-corrected chi connectivity index (χ0v) is 15.9. The van der Waals surface area contributed by atoms with Crippen LogP contribution in [0, 0.1) is 0 Å². The maximum absolute atomic E-state index is 12.7. The standard InChI is InChI=1S/C23H25N3O/c1-4-14-24-23(27)19-15-25-21-17(6-3)11-9-12-18(21)22(19)26-20-13-8-7-10-16(20)5-2/h4,7-13,15H,1,5-6,14H2,2-3H3,(H,24,27)(H,25,26). The minimum atomic E-state index is -0.164. The molecule has 0 aliphatic carbocycles. The predicted octanol–water partition coefficient (Wildman–Crippen LogP) is 5.02. The summed E-state index contributed by atoms with van der Waals surface area (Å²) in [6, 6.07) is 14.3. The zero-order chi connectivity index (χ0) is 19.2. The van der Waals surface area contributed by atoms with E-state index >= 15 is 0 Å². The lowest BCUT2D eigenvalue weighted by molar-refractivity contribution is 0.0958. The molecule has 2 N–H and O–H groups in total. The van der Waals surface area contributed by atoms with Gasteiger partial charge >= 0.3 is 0 Å². The maximum Gasteiger partial charge on any atom is 0.255 e. The number of pyridine rings is 1. The third-order valence-corrected chi connectivity index (χ3v) is 4.67. The Morgan fingerprint density at radius 2 is 1.81 bits per heavy atom. The molecular weight excluding hydrogens is 334 g/mol. The fourth-order valence-electron chi connectivity index (χ4n) is 3.22. The van der Waals surface area contributed by atoms with Gasteiger partial charge in [-0.15, -0.1) is 6.58 Å². The topological polar surface area (TPSA) is 54.0 Å². The molecule has 27 heavy (non-hydrogen) atoms.